The Balaban J connectivity index is 2.06. The highest BCUT2D eigenvalue weighted by molar-refractivity contribution is 9.10. The van der Waals surface area contributed by atoms with Gasteiger partial charge in [0.2, 0.25) is 0 Å². The molecule has 0 saturated heterocycles. The summed E-state index contributed by atoms with van der Waals surface area (Å²) in [5.41, 5.74) is 2.17. The molecule has 0 atom stereocenters. The molecule has 0 amide bonds. The van der Waals surface area contributed by atoms with Crippen molar-refractivity contribution in [2.75, 3.05) is 13.2 Å². The second kappa shape index (κ2) is 7.39. The van der Waals surface area contributed by atoms with Gasteiger partial charge in [-0.05, 0) is 57.4 Å². The second-order valence-electron chi connectivity index (χ2n) is 6.05. The monoisotopic (exact) mass is 470 g/mol. The number of hydrogen-bond acceptors (Lipinski definition) is 2. The number of aliphatic hydroxyl groups is 1. The van der Waals surface area contributed by atoms with Crippen LogP contribution in [0, 0.1) is 0 Å². The number of benzene rings is 4. The van der Waals surface area contributed by atoms with Crippen molar-refractivity contribution >= 4 is 53.4 Å². The van der Waals surface area contributed by atoms with Gasteiger partial charge in [-0.2, -0.15) is 0 Å². The van der Waals surface area contributed by atoms with Gasteiger partial charge in [0.15, 0.2) is 0 Å². The van der Waals surface area contributed by atoms with Gasteiger partial charge in [-0.3, -0.25) is 0 Å². The summed E-state index contributed by atoms with van der Waals surface area (Å²) < 4.78 is 7.98. The first-order chi connectivity index (χ1) is 12.7. The van der Waals surface area contributed by atoms with E-state index in [1.54, 1.807) is 0 Å². The SMILES string of the molecule is OCCOc1ccc2cc(Br)ccc2c1-c1cccc2cc(Br)ccc12. The average Bonchev–Trinajstić information content (AvgIpc) is 2.65. The lowest BCUT2D eigenvalue weighted by Crippen LogP contribution is -2.03. The van der Waals surface area contributed by atoms with Gasteiger partial charge in [0, 0.05) is 14.5 Å². The van der Waals surface area contributed by atoms with Gasteiger partial charge >= 0.3 is 0 Å². The maximum Gasteiger partial charge on any atom is 0.127 e. The molecule has 0 spiro atoms. The Morgan fingerprint density at radius 1 is 0.769 bits per heavy atom. The highest BCUT2D eigenvalue weighted by Crippen LogP contribution is 2.41. The Morgan fingerprint density at radius 2 is 1.46 bits per heavy atom. The van der Waals surface area contributed by atoms with Crippen molar-refractivity contribution in [3.63, 3.8) is 0 Å². The molecule has 4 rings (SSSR count). The van der Waals surface area contributed by atoms with Crippen LogP contribution in [0.15, 0.2) is 75.7 Å². The standard InChI is InChI=1S/C22H16Br2O2/c23-16-5-7-18-14(12-16)2-1-3-20(18)22-19-8-6-17(24)13-15(19)4-9-21(22)26-11-10-25/h1-9,12-13,25H,10-11H2. The summed E-state index contributed by atoms with van der Waals surface area (Å²) in [5, 5.41) is 13.8. The summed E-state index contributed by atoms with van der Waals surface area (Å²) in [6, 6.07) is 22.9. The number of rotatable bonds is 4. The smallest absolute Gasteiger partial charge is 0.127 e. The Labute approximate surface area is 168 Å². The van der Waals surface area contributed by atoms with Gasteiger partial charge in [-0.15, -0.1) is 0 Å². The van der Waals surface area contributed by atoms with Crippen LogP contribution in [-0.4, -0.2) is 18.3 Å². The topological polar surface area (TPSA) is 29.5 Å². The quantitative estimate of drug-likeness (QED) is 0.365. The number of ether oxygens (including phenoxy) is 1. The van der Waals surface area contributed by atoms with E-state index in [0.29, 0.717) is 0 Å². The number of hydrogen-bond donors (Lipinski definition) is 1. The van der Waals surface area contributed by atoms with Crippen molar-refractivity contribution < 1.29 is 9.84 Å². The Morgan fingerprint density at radius 3 is 2.19 bits per heavy atom. The van der Waals surface area contributed by atoms with E-state index < -0.39 is 0 Å². The van der Waals surface area contributed by atoms with Gasteiger partial charge < -0.3 is 9.84 Å². The van der Waals surface area contributed by atoms with E-state index in [0.717, 1.165) is 36.6 Å². The summed E-state index contributed by atoms with van der Waals surface area (Å²) in [6.07, 6.45) is 0. The molecule has 0 aliphatic heterocycles. The molecule has 26 heavy (non-hydrogen) atoms. The third kappa shape index (κ3) is 3.25. The third-order valence-electron chi connectivity index (χ3n) is 4.40. The molecule has 0 unspecified atom stereocenters. The molecule has 0 aliphatic carbocycles. The largest absolute Gasteiger partial charge is 0.491 e. The lowest BCUT2D eigenvalue weighted by Gasteiger charge is -2.16. The average molecular weight is 472 g/mol. The molecule has 0 fully saturated rings. The van der Waals surface area contributed by atoms with Crippen molar-refractivity contribution in [2.45, 2.75) is 0 Å². The minimum atomic E-state index is -0.0136. The predicted octanol–water partition coefficient (Wildman–Crippen LogP) is 6.56. The Hall–Kier alpha value is -1.88. The zero-order valence-electron chi connectivity index (χ0n) is 13.9. The molecule has 0 radical (unpaired) electrons. The summed E-state index contributed by atoms with van der Waals surface area (Å²) in [5.74, 6) is 0.782. The van der Waals surface area contributed by atoms with Crippen LogP contribution in [0.5, 0.6) is 5.75 Å². The van der Waals surface area contributed by atoms with E-state index >= 15 is 0 Å². The van der Waals surface area contributed by atoms with Crippen molar-refractivity contribution in [3.05, 3.63) is 75.7 Å². The number of aliphatic hydroxyl groups excluding tert-OH is 1. The maximum atomic E-state index is 9.20. The summed E-state index contributed by atoms with van der Waals surface area (Å²) in [6.45, 7) is 0.256. The van der Waals surface area contributed by atoms with E-state index in [-0.39, 0.29) is 13.2 Å². The molecular formula is C22H16Br2O2. The molecule has 0 aromatic heterocycles. The molecule has 4 aromatic carbocycles. The summed E-state index contributed by atoms with van der Waals surface area (Å²) in [7, 11) is 0. The fourth-order valence-corrected chi connectivity index (χ4v) is 4.06. The third-order valence-corrected chi connectivity index (χ3v) is 5.39. The minimum Gasteiger partial charge on any atom is -0.491 e. The van der Waals surface area contributed by atoms with E-state index in [4.69, 9.17) is 4.74 Å². The summed E-state index contributed by atoms with van der Waals surface area (Å²) >= 11 is 7.10. The lowest BCUT2D eigenvalue weighted by molar-refractivity contribution is 0.202. The van der Waals surface area contributed by atoms with Crippen LogP contribution in [-0.2, 0) is 0 Å². The Kier molecular flexibility index (Phi) is 4.98. The van der Waals surface area contributed by atoms with Gasteiger partial charge in [0.05, 0.1) is 6.61 Å². The van der Waals surface area contributed by atoms with Gasteiger partial charge in [0.1, 0.15) is 12.4 Å². The predicted molar refractivity (Wildman–Crippen MR) is 115 cm³/mol. The molecular weight excluding hydrogens is 456 g/mol. The van der Waals surface area contributed by atoms with Crippen LogP contribution in [0.3, 0.4) is 0 Å². The highest BCUT2D eigenvalue weighted by atomic mass is 79.9. The van der Waals surface area contributed by atoms with Gasteiger partial charge in [-0.25, -0.2) is 0 Å². The fraction of sp³-hybridized carbons (Fsp3) is 0.0909. The summed E-state index contributed by atoms with van der Waals surface area (Å²) in [4.78, 5) is 0. The molecule has 0 saturated carbocycles. The normalized spacial score (nSPS) is 11.2. The van der Waals surface area contributed by atoms with Crippen LogP contribution < -0.4 is 4.74 Å². The van der Waals surface area contributed by atoms with Crippen molar-refractivity contribution in [1.82, 2.24) is 0 Å². The van der Waals surface area contributed by atoms with Crippen molar-refractivity contribution in [2.24, 2.45) is 0 Å². The first-order valence-electron chi connectivity index (χ1n) is 8.32. The minimum absolute atomic E-state index is 0.0136. The van der Waals surface area contributed by atoms with E-state index in [2.05, 4.69) is 86.5 Å². The molecule has 0 heterocycles. The van der Waals surface area contributed by atoms with Crippen LogP contribution in [0.25, 0.3) is 32.7 Å². The fourth-order valence-electron chi connectivity index (χ4n) is 3.31. The van der Waals surface area contributed by atoms with Crippen LogP contribution in [0.1, 0.15) is 0 Å². The number of halogens is 2. The molecule has 4 heteroatoms. The van der Waals surface area contributed by atoms with Crippen LogP contribution in [0.2, 0.25) is 0 Å². The van der Waals surface area contributed by atoms with Gasteiger partial charge in [0.25, 0.3) is 0 Å². The van der Waals surface area contributed by atoms with E-state index in [9.17, 15) is 5.11 Å². The number of fused-ring (bicyclic) bond motifs is 2. The highest BCUT2D eigenvalue weighted by Gasteiger charge is 2.14. The van der Waals surface area contributed by atoms with Crippen molar-refractivity contribution in [1.29, 1.82) is 0 Å². The molecule has 2 nitrogen and oxygen atoms in total. The van der Waals surface area contributed by atoms with Crippen molar-refractivity contribution in [3.8, 4) is 16.9 Å². The van der Waals surface area contributed by atoms with Crippen LogP contribution >= 0.6 is 31.9 Å². The zero-order chi connectivity index (χ0) is 18.1. The van der Waals surface area contributed by atoms with Gasteiger partial charge in [-0.1, -0.05) is 68.3 Å². The molecule has 130 valence electrons. The maximum absolute atomic E-state index is 9.20. The second-order valence-corrected chi connectivity index (χ2v) is 7.88. The van der Waals surface area contributed by atoms with E-state index in [1.165, 1.54) is 10.8 Å². The van der Waals surface area contributed by atoms with Crippen LogP contribution in [0.4, 0.5) is 0 Å². The zero-order valence-corrected chi connectivity index (χ0v) is 17.0. The molecule has 4 aromatic rings. The molecule has 1 N–H and O–H groups in total. The van der Waals surface area contributed by atoms with E-state index in [1.807, 2.05) is 12.1 Å². The lowest BCUT2D eigenvalue weighted by atomic mass is 9.93. The molecule has 0 aliphatic rings. The Bertz CT molecular complexity index is 1110. The molecule has 0 bridgehead atoms. The first kappa shape index (κ1) is 17.5. The first-order valence-corrected chi connectivity index (χ1v) is 9.90.